The highest BCUT2D eigenvalue weighted by atomic mass is 16.2. The first-order valence-electron chi connectivity index (χ1n) is 5.96. The van der Waals surface area contributed by atoms with Crippen LogP contribution in [0.2, 0.25) is 0 Å². The van der Waals surface area contributed by atoms with Crippen LogP contribution in [0.25, 0.3) is 0 Å². The smallest absolute Gasteiger partial charge is 0.226 e. The maximum Gasteiger partial charge on any atom is 0.226 e. The predicted octanol–water partition coefficient (Wildman–Crippen LogP) is 1.65. The summed E-state index contributed by atoms with van der Waals surface area (Å²) in [5.74, 6) is 0.116. The lowest BCUT2D eigenvalue weighted by molar-refractivity contribution is -0.129. The monoisotopic (exact) mass is 234 g/mol. The fourth-order valence-electron chi connectivity index (χ4n) is 1.76. The first-order valence-corrected chi connectivity index (χ1v) is 5.96. The molecule has 2 N–H and O–H groups in total. The van der Waals surface area contributed by atoms with Gasteiger partial charge in [-0.25, -0.2) is 0 Å². The van der Waals surface area contributed by atoms with E-state index in [9.17, 15) is 4.79 Å². The van der Waals surface area contributed by atoms with Crippen LogP contribution in [0.4, 0.5) is 0 Å². The number of hydrogen-bond donors (Lipinski definition) is 1. The Labute approximate surface area is 104 Å². The average Bonchev–Trinajstić information content (AvgIpc) is 2.22. The number of likely N-dealkylation sites (N-methyl/N-ethyl adjacent to an activating group) is 1. The Balaban J connectivity index is 2.64. The molecule has 3 heteroatoms. The Morgan fingerprint density at radius 3 is 2.53 bits per heavy atom. The highest BCUT2D eigenvalue weighted by Gasteiger charge is 2.11. The maximum absolute atomic E-state index is 11.9. The first kappa shape index (κ1) is 13.7. The van der Waals surface area contributed by atoms with Gasteiger partial charge in [0, 0.05) is 19.6 Å². The van der Waals surface area contributed by atoms with Gasteiger partial charge in [0.15, 0.2) is 0 Å². The molecule has 0 saturated carbocycles. The van der Waals surface area contributed by atoms with E-state index in [2.05, 4.69) is 26.0 Å². The molecule has 17 heavy (non-hydrogen) atoms. The molecule has 0 fully saturated rings. The predicted molar refractivity (Wildman–Crippen MR) is 70.9 cm³/mol. The number of aryl methyl sites for hydroxylation is 2. The minimum Gasteiger partial charge on any atom is -0.344 e. The molecule has 0 bridgehead atoms. The van der Waals surface area contributed by atoms with Crippen molar-refractivity contribution in [1.29, 1.82) is 0 Å². The Morgan fingerprint density at radius 2 is 2.00 bits per heavy atom. The van der Waals surface area contributed by atoms with Gasteiger partial charge in [-0.15, -0.1) is 0 Å². The van der Waals surface area contributed by atoms with Crippen LogP contribution in [0.5, 0.6) is 0 Å². The molecular weight excluding hydrogens is 212 g/mol. The summed E-state index contributed by atoms with van der Waals surface area (Å²) in [5, 5.41) is 0. The Morgan fingerprint density at radius 1 is 1.35 bits per heavy atom. The highest BCUT2D eigenvalue weighted by molar-refractivity contribution is 5.78. The van der Waals surface area contributed by atoms with Crippen molar-refractivity contribution >= 4 is 5.91 Å². The standard InChI is InChI=1S/C14H22N2O/c1-10-5-6-13(7-11(10)2)8-14(17)16(4)9-12(3)15/h5-7,12H,8-9,15H2,1-4H3. The number of carbonyl (C=O) groups excluding carboxylic acids is 1. The van der Waals surface area contributed by atoms with Crippen LogP contribution in [0.3, 0.4) is 0 Å². The van der Waals surface area contributed by atoms with Crippen molar-refractivity contribution in [2.45, 2.75) is 33.2 Å². The van der Waals surface area contributed by atoms with E-state index in [4.69, 9.17) is 5.73 Å². The SMILES string of the molecule is Cc1ccc(CC(=O)N(C)CC(C)N)cc1C. The number of nitrogens with zero attached hydrogens (tertiary/aromatic N) is 1. The summed E-state index contributed by atoms with van der Waals surface area (Å²) in [4.78, 5) is 13.6. The third-order valence-electron chi connectivity index (χ3n) is 2.91. The summed E-state index contributed by atoms with van der Waals surface area (Å²) >= 11 is 0. The van der Waals surface area contributed by atoms with Gasteiger partial charge in [-0.2, -0.15) is 0 Å². The zero-order chi connectivity index (χ0) is 13.0. The van der Waals surface area contributed by atoms with E-state index >= 15 is 0 Å². The second-order valence-corrected chi connectivity index (χ2v) is 4.85. The molecular formula is C14H22N2O. The molecule has 1 rings (SSSR count). The molecule has 1 amide bonds. The van der Waals surface area contributed by atoms with Gasteiger partial charge >= 0.3 is 0 Å². The van der Waals surface area contributed by atoms with Gasteiger partial charge in [0.25, 0.3) is 0 Å². The zero-order valence-electron chi connectivity index (χ0n) is 11.2. The molecule has 1 atom stereocenters. The van der Waals surface area contributed by atoms with Crippen molar-refractivity contribution < 1.29 is 4.79 Å². The highest BCUT2D eigenvalue weighted by Crippen LogP contribution is 2.11. The largest absolute Gasteiger partial charge is 0.344 e. The lowest BCUT2D eigenvalue weighted by Crippen LogP contribution is -2.37. The van der Waals surface area contributed by atoms with Crippen molar-refractivity contribution in [3.63, 3.8) is 0 Å². The van der Waals surface area contributed by atoms with Crippen LogP contribution >= 0.6 is 0 Å². The molecule has 0 aliphatic carbocycles. The van der Waals surface area contributed by atoms with Crippen LogP contribution in [0.1, 0.15) is 23.6 Å². The normalized spacial score (nSPS) is 12.3. The minimum absolute atomic E-state index is 0.0173. The second kappa shape index (κ2) is 5.82. The van der Waals surface area contributed by atoms with Crippen LogP contribution < -0.4 is 5.73 Å². The van der Waals surface area contributed by atoms with Gasteiger partial charge < -0.3 is 10.6 Å². The van der Waals surface area contributed by atoms with E-state index < -0.39 is 0 Å². The topological polar surface area (TPSA) is 46.3 Å². The van der Waals surface area contributed by atoms with Gasteiger partial charge in [0.05, 0.1) is 6.42 Å². The number of nitrogens with two attached hydrogens (primary N) is 1. The summed E-state index contributed by atoms with van der Waals surface area (Å²) < 4.78 is 0. The van der Waals surface area contributed by atoms with Crippen LogP contribution in [0.15, 0.2) is 18.2 Å². The van der Waals surface area contributed by atoms with Crippen LogP contribution in [-0.4, -0.2) is 30.4 Å². The number of carbonyl (C=O) groups is 1. The molecule has 0 aliphatic rings. The van der Waals surface area contributed by atoms with E-state index in [-0.39, 0.29) is 11.9 Å². The first-order chi connectivity index (χ1) is 7.90. The molecule has 1 unspecified atom stereocenters. The van der Waals surface area contributed by atoms with E-state index in [1.165, 1.54) is 11.1 Å². The quantitative estimate of drug-likeness (QED) is 0.861. The summed E-state index contributed by atoms with van der Waals surface area (Å²) in [5.41, 5.74) is 9.22. The molecule has 0 aromatic heterocycles. The molecule has 94 valence electrons. The third-order valence-corrected chi connectivity index (χ3v) is 2.91. The van der Waals surface area contributed by atoms with Gasteiger partial charge in [-0.1, -0.05) is 18.2 Å². The van der Waals surface area contributed by atoms with Crippen LogP contribution in [0, 0.1) is 13.8 Å². The summed E-state index contributed by atoms with van der Waals surface area (Å²) in [6, 6.07) is 6.17. The second-order valence-electron chi connectivity index (χ2n) is 4.85. The van der Waals surface area contributed by atoms with Crippen molar-refractivity contribution in [3.05, 3.63) is 34.9 Å². The number of rotatable bonds is 4. The van der Waals surface area contributed by atoms with Gasteiger partial charge in [-0.05, 0) is 37.5 Å². The molecule has 1 aromatic carbocycles. The summed E-state index contributed by atoms with van der Waals surface area (Å²) in [7, 11) is 1.80. The molecule has 0 heterocycles. The maximum atomic E-state index is 11.9. The van der Waals surface area contributed by atoms with E-state index in [0.29, 0.717) is 13.0 Å². The van der Waals surface area contributed by atoms with Crippen LogP contribution in [-0.2, 0) is 11.2 Å². The molecule has 3 nitrogen and oxygen atoms in total. The molecule has 0 radical (unpaired) electrons. The Bertz CT molecular complexity index is 399. The number of hydrogen-bond acceptors (Lipinski definition) is 2. The molecule has 1 aromatic rings. The van der Waals surface area contributed by atoms with Gasteiger partial charge in [0.2, 0.25) is 5.91 Å². The lowest BCUT2D eigenvalue weighted by Gasteiger charge is -2.19. The van der Waals surface area contributed by atoms with Crippen molar-refractivity contribution in [3.8, 4) is 0 Å². The Kier molecular flexibility index (Phi) is 4.70. The number of amides is 1. The van der Waals surface area contributed by atoms with Crippen molar-refractivity contribution in [2.75, 3.05) is 13.6 Å². The Hall–Kier alpha value is -1.35. The van der Waals surface area contributed by atoms with E-state index in [0.717, 1.165) is 5.56 Å². The van der Waals surface area contributed by atoms with Gasteiger partial charge in [0.1, 0.15) is 0 Å². The van der Waals surface area contributed by atoms with Crippen molar-refractivity contribution in [1.82, 2.24) is 4.90 Å². The zero-order valence-corrected chi connectivity index (χ0v) is 11.2. The van der Waals surface area contributed by atoms with E-state index in [1.807, 2.05) is 13.0 Å². The molecule has 0 spiro atoms. The van der Waals surface area contributed by atoms with Crippen molar-refractivity contribution in [2.24, 2.45) is 5.73 Å². The lowest BCUT2D eigenvalue weighted by atomic mass is 10.0. The van der Waals surface area contributed by atoms with Gasteiger partial charge in [-0.3, -0.25) is 4.79 Å². The average molecular weight is 234 g/mol. The minimum atomic E-state index is 0.0173. The fraction of sp³-hybridized carbons (Fsp3) is 0.500. The van der Waals surface area contributed by atoms with E-state index in [1.54, 1.807) is 11.9 Å². The molecule has 0 aliphatic heterocycles. The third kappa shape index (κ3) is 4.19. The summed E-state index contributed by atoms with van der Waals surface area (Å²) in [6.45, 7) is 6.64. The summed E-state index contributed by atoms with van der Waals surface area (Å²) in [6.07, 6.45) is 0.449. The fourth-order valence-corrected chi connectivity index (χ4v) is 1.76. The molecule has 0 saturated heterocycles. The number of benzene rings is 1.